The Balaban J connectivity index is 1.92. The number of nitrogens with zero attached hydrogens (tertiary/aromatic N) is 1. The summed E-state index contributed by atoms with van der Waals surface area (Å²) in [4.78, 5) is 25.8. The van der Waals surface area contributed by atoms with E-state index in [0.29, 0.717) is 16.5 Å². The van der Waals surface area contributed by atoms with Crippen molar-refractivity contribution in [3.8, 4) is 5.75 Å². The fourth-order valence-electron chi connectivity index (χ4n) is 2.22. The molecule has 0 amide bonds. The van der Waals surface area contributed by atoms with Gasteiger partial charge in [0.15, 0.2) is 0 Å². The molecule has 0 N–H and O–H groups in total. The van der Waals surface area contributed by atoms with Crippen molar-refractivity contribution in [3.05, 3.63) is 70.6 Å². The van der Waals surface area contributed by atoms with Gasteiger partial charge in [-0.1, -0.05) is 12.1 Å². The molecule has 0 atom stereocenters. The Kier molecular flexibility index (Phi) is 3.85. The molecule has 0 bridgehead atoms. The minimum Gasteiger partial charge on any atom is -0.422 e. The summed E-state index contributed by atoms with van der Waals surface area (Å²) in [6.07, 6.45) is 0. The topological polar surface area (TPSA) is 59.8 Å². The average Bonchev–Trinajstić information content (AvgIpc) is 2.54. The van der Waals surface area contributed by atoms with Gasteiger partial charge in [-0.2, -0.15) is 0 Å². The summed E-state index contributed by atoms with van der Waals surface area (Å²) in [6.45, 7) is 0. The third kappa shape index (κ3) is 3.08. The molecule has 1 aromatic heterocycles. The lowest BCUT2D eigenvalue weighted by molar-refractivity contribution is 0.0736. The first kappa shape index (κ1) is 14.8. The Hall–Kier alpha value is -3.08. The zero-order chi connectivity index (χ0) is 16.4. The molecule has 23 heavy (non-hydrogen) atoms. The number of hydrogen-bond donors (Lipinski definition) is 0. The van der Waals surface area contributed by atoms with Crippen LogP contribution in [0.3, 0.4) is 0 Å². The molecule has 5 heteroatoms. The van der Waals surface area contributed by atoms with Crippen molar-refractivity contribution in [1.82, 2.24) is 0 Å². The molecular formula is C18H15NO4. The predicted molar refractivity (Wildman–Crippen MR) is 88.2 cm³/mol. The Morgan fingerprint density at radius 3 is 2.43 bits per heavy atom. The molecule has 0 aliphatic heterocycles. The van der Waals surface area contributed by atoms with E-state index in [1.807, 2.05) is 31.1 Å². The largest absolute Gasteiger partial charge is 0.422 e. The van der Waals surface area contributed by atoms with E-state index in [2.05, 4.69) is 0 Å². The van der Waals surface area contributed by atoms with E-state index < -0.39 is 11.6 Å². The van der Waals surface area contributed by atoms with Crippen LogP contribution >= 0.6 is 0 Å². The number of fused-ring (bicyclic) bond motifs is 1. The van der Waals surface area contributed by atoms with Gasteiger partial charge in [-0.25, -0.2) is 9.59 Å². The Morgan fingerprint density at radius 2 is 1.74 bits per heavy atom. The van der Waals surface area contributed by atoms with Crippen molar-refractivity contribution < 1.29 is 13.9 Å². The number of carbonyl (C=O) groups excluding carboxylic acids is 1. The van der Waals surface area contributed by atoms with E-state index in [1.165, 1.54) is 6.07 Å². The number of ether oxygens (including phenoxy) is 1. The molecular weight excluding hydrogens is 294 g/mol. The molecule has 0 saturated carbocycles. The lowest BCUT2D eigenvalue weighted by Gasteiger charge is -2.12. The number of carbonyl (C=O) groups is 1. The number of benzene rings is 2. The molecule has 0 fully saturated rings. The monoisotopic (exact) mass is 309 g/mol. The summed E-state index contributed by atoms with van der Waals surface area (Å²) >= 11 is 0. The molecule has 2 aromatic carbocycles. The summed E-state index contributed by atoms with van der Waals surface area (Å²) in [5.41, 5.74) is 1.21. The van der Waals surface area contributed by atoms with Crippen LogP contribution in [0.1, 0.15) is 10.4 Å². The number of esters is 1. The van der Waals surface area contributed by atoms with Gasteiger partial charge in [0.1, 0.15) is 11.3 Å². The highest BCUT2D eigenvalue weighted by Gasteiger charge is 2.13. The molecule has 0 unspecified atom stereocenters. The Morgan fingerprint density at radius 1 is 1.04 bits per heavy atom. The number of rotatable bonds is 3. The van der Waals surface area contributed by atoms with Gasteiger partial charge in [-0.05, 0) is 36.4 Å². The van der Waals surface area contributed by atoms with Crippen molar-refractivity contribution in [2.45, 2.75) is 0 Å². The molecule has 0 aliphatic rings. The summed E-state index contributed by atoms with van der Waals surface area (Å²) < 4.78 is 10.5. The van der Waals surface area contributed by atoms with Gasteiger partial charge >= 0.3 is 11.6 Å². The summed E-state index contributed by atoms with van der Waals surface area (Å²) in [7, 11) is 3.84. The second-order valence-electron chi connectivity index (χ2n) is 5.26. The summed E-state index contributed by atoms with van der Waals surface area (Å²) in [5.74, 6) is -0.329. The van der Waals surface area contributed by atoms with Crippen molar-refractivity contribution in [1.29, 1.82) is 0 Å². The number of para-hydroxylation sites is 1. The normalized spacial score (nSPS) is 10.5. The van der Waals surface area contributed by atoms with Crippen LogP contribution in [0.5, 0.6) is 5.75 Å². The van der Waals surface area contributed by atoms with Crippen molar-refractivity contribution in [2.24, 2.45) is 0 Å². The van der Waals surface area contributed by atoms with Gasteiger partial charge < -0.3 is 14.1 Å². The molecule has 0 aliphatic carbocycles. The van der Waals surface area contributed by atoms with E-state index in [0.717, 1.165) is 5.69 Å². The molecule has 0 saturated heterocycles. The zero-order valence-electron chi connectivity index (χ0n) is 12.8. The molecule has 116 valence electrons. The first-order valence-corrected chi connectivity index (χ1v) is 7.07. The van der Waals surface area contributed by atoms with E-state index in [9.17, 15) is 9.59 Å². The zero-order valence-corrected chi connectivity index (χ0v) is 12.8. The second kappa shape index (κ2) is 5.96. The Bertz CT molecular complexity index is 910. The van der Waals surface area contributed by atoms with E-state index in [1.54, 1.807) is 36.4 Å². The third-order valence-electron chi connectivity index (χ3n) is 3.43. The van der Waals surface area contributed by atoms with Gasteiger partial charge in [0.05, 0.1) is 17.0 Å². The van der Waals surface area contributed by atoms with Gasteiger partial charge in [0.2, 0.25) is 0 Å². The lowest BCUT2D eigenvalue weighted by atomic mass is 10.2. The van der Waals surface area contributed by atoms with Gasteiger partial charge in [-0.3, -0.25) is 0 Å². The van der Waals surface area contributed by atoms with Gasteiger partial charge in [-0.15, -0.1) is 0 Å². The quantitative estimate of drug-likeness (QED) is 0.549. The average molecular weight is 309 g/mol. The van der Waals surface area contributed by atoms with Crippen LogP contribution in [0, 0.1) is 0 Å². The van der Waals surface area contributed by atoms with Crippen molar-refractivity contribution in [3.63, 3.8) is 0 Å². The minimum absolute atomic E-state index is 0.193. The van der Waals surface area contributed by atoms with Crippen LogP contribution in [-0.2, 0) is 0 Å². The maximum absolute atomic E-state index is 12.3. The standard InChI is InChI=1S/C18H15NO4/c1-19(2)13-9-7-12(8-10-13)18(21)23-16-11-17(20)22-15-6-4-3-5-14(15)16/h3-11H,1-2H3. The number of hydrogen-bond acceptors (Lipinski definition) is 5. The maximum Gasteiger partial charge on any atom is 0.343 e. The van der Waals surface area contributed by atoms with Crippen molar-refractivity contribution in [2.75, 3.05) is 19.0 Å². The van der Waals surface area contributed by atoms with Crippen molar-refractivity contribution >= 4 is 22.6 Å². The SMILES string of the molecule is CN(C)c1ccc(C(=O)Oc2cc(=O)oc3ccccc23)cc1. The third-order valence-corrected chi connectivity index (χ3v) is 3.43. The second-order valence-corrected chi connectivity index (χ2v) is 5.26. The van der Waals surface area contributed by atoms with Crippen LogP contribution < -0.4 is 15.3 Å². The molecule has 0 spiro atoms. The minimum atomic E-state index is -0.561. The summed E-state index contributed by atoms with van der Waals surface area (Å²) in [6, 6.07) is 15.1. The molecule has 3 rings (SSSR count). The van der Waals surface area contributed by atoms with Crippen LogP contribution in [0.15, 0.2) is 63.8 Å². The lowest BCUT2D eigenvalue weighted by Crippen LogP contribution is -2.12. The van der Waals surface area contributed by atoms with E-state index >= 15 is 0 Å². The van der Waals surface area contributed by atoms with Gasteiger partial charge in [0, 0.05) is 19.8 Å². The molecule has 5 nitrogen and oxygen atoms in total. The smallest absolute Gasteiger partial charge is 0.343 e. The first-order chi connectivity index (χ1) is 11.0. The Labute approximate surface area is 132 Å². The maximum atomic E-state index is 12.3. The number of anilines is 1. The fourth-order valence-corrected chi connectivity index (χ4v) is 2.22. The highest BCUT2D eigenvalue weighted by molar-refractivity contribution is 5.94. The van der Waals surface area contributed by atoms with E-state index in [4.69, 9.17) is 9.15 Å². The van der Waals surface area contributed by atoms with Gasteiger partial charge in [0.25, 0.3) is 0 Å². The molecule has 0 radical (unpaired) electrons. The predicted octanol–water partition coefficient (Wildman–Crippen LogP) is 3.08. The fraction of sp³-hybridized carbons (Fsp3) is 0.111. The van der Waals surface area contributed by atoms with Crippen LogP contribution in [0.25, 0.3) is 11.0 Å². The van der Waals surface area contributed by atoms with E-state index in [-0.39, 0.29) is 5.75 Å². The van der Waals surface area contributed by atoms with Crippen LogP contribution in [0.4, 0.5) is 5.69 Å². The molecule has 1 heterocycles. The van der Waals surface area contributed by atoms with Crippen LogP contribution in [0.2, 0.25) is 0 Å². The summed E-state index contributed by atoms with van der Waals surface area (Å²) in [5, 5.41) is 0.574. The van der Waals surface area contributed by atoms with Crippen LogP contribution in [-0.4, -0.2) is 20.1 Å². The first-order valence-electron chi connectivity index (χ1n) is 7.07. The highest BCUT2D eigenvalue weighted by atomic mass is 16.5. The highest BCUT2D eigenvalue weighted by Crippen LogP contribution is 2.24. The molecule has 3 aromatic rings.